The summed E-state index contributed by atoms with van der Waals surface area (Å²) in [4.78, 5) is 12.3. The van der Waals surface area contributed by atoms with Gasteiger partial charge < -0.3 is 15.1 Å². The largest absolute Gasteiger partial charge is 0.465 e. The van der Waals surface area contributed by atoms with Crippen molar-refractivity contribution >= 4 is 6.09 Å². The SMILES string of the molecule is C[C@H]1CC[C@@H](CCO)N(C(=O)O)C1. The van der Waals surface area contributed by atoms with E-state index in [9.17, 15) is 4.79 Å². The molecule has 4 heteroatoms. The van der Waals surface area contributed by atoms with Crippen LogP contribution in [0.25, 0.3) is 0 Å². The molecule has 0 aliphatic carbocycles. The van der Waals surface area contributed by atoms with E-state index >= 15 is 0 Å². The molecule has 13 heavy (non-hydrogen) atoms. The fraction of sp³-hybridized carbons (Fsp3) is 0.889. The van der Waals surface area contributed by atoms with Crippen LogP contribution in [0.5, 0.6) is 0 Å². The van der Waals surface area contributed by atoms with Crippen LogP contribution < -0.4 is 0 Å². The van der Waals surface area contributed by atoms with Crippen molar-refractivity contribution in [1.29, 1.82) is 0 Å². The minimum absolute atomic E-state index is 0.0266. The van der Waals surface area contributed by atoms with E-state index in [0.29, 0.717) is 18.9 Å². The Morgan fingerprint density at radius 3 is 2.77 bits per heavy atom. The highest BCUT2D eigenvalue weighted by atomic mass is 16.4. The van der Waals surface area contributed by atoms with Gasteiger partial charge in [0.25, 0.3) is 0 Å². The average Bonchev–Trinajstić information content (AvgIpc) is 2.08. The highest BCUT2D eigenvalue weighted by Gasteiger charge is 2.28. The lowest BCUT2D eigenvalue weighted by molar-refractivity contribution is 0.0788. The van der Waals surface area contributed by atoms with Gasteiger partial charge in [0.15, 0.2) is 0 Å². The number of nitrogens with zero attached hydrogens (tertiary/aromatic N) is 1. The highest BCUT2D eigenvalue weighted by molar-refractivity contribution is 5.65. The van der Waals surface area contributed by atoms with Crippen molar-refractivity contribution in [1.82, 2.24) is 4.90 Å². The van der Waals surface area contributed by atoms with Gasteiger partial charge in [-0.05, 0) is 25.2 Å². The molecule has 4 nitrogen and oxygen atoms in total. The van der Waals surface area contributed by atoms with Crippen LogP contribution in [0.4, 0.5) is 4.79 Å². The average molecular weight is 187 g/mol. The maximum absolute atomic E-state index is 10.8. The molecule has 0 bridgehead atoms. The summed E-state index contributed by atoms with van der Waals surface area (Å²) in [5.41, 5.74) is 0. The molecule has 0 radical (unpaired) electrons. The first-order valence-electron chi connectivity index (χ1n) is 4.75. The van der Waals surface area contributed by atoms with Gasteiger partial charge >= 0.3 is 6.09 Å². The minimum atomic E-state index is -0.856. The number of likely N-dealkylation sites (tertiary alicyclic amines) is 1. The molecule has 0 saturated carbocycles. The molecule has 1 aliphatic rings. The quantitative estimate of drug-likeness (QED) is 0.681. The smallest absolute Gasteiger partial charge is 0.407 e. The third kappa shape index (κ3) is 2.59. The lowest BCUT2D eigenvalue weighted by Crippen LogP contribution is -2.46. The van der Waals surface area contributed by atoms with Crippen molar-refractivity contribution in [2.75, 3.05) is 13.2 Å². The van der Waals surface area contributed by atoms with Gasteiger partial charge in [0, 0.05) is 19.2 Å². The van der Waals surface area contributed by atoms with E-state index in [-0.39, 0.29) is 12.6 Å². The number of hydrogen-bond donors (Lipinski definition) is 2. The molecular weight excluding hydrogens is 170 g/mol. The van der Waals surface area contributed by atoms with Crippen LogP contribution in [0.3, 0.4) is 0 Å². The van der Waals surface area contributed by atoms with Crippen molar-refractivity contribution in [3.8, 4) is 0 Å². The Kier molecular flexibility index (Phi) is 3.54. The molecule has 76 valence electrons. The van der Waals surface area contributed by atoms with E-state index in [4.69, 9.17) is 10.2 Å². The summed E-state index contributed by atoms with van der Waals surface area (Å²) in [5.74, 6) is 0.450. The van der Waals surface area contributed by atoms with Gasteiger partial charge in [-0.2, -0.15) is 0 Å². The van der Waals surface area contributed by atoms with Gasteiger partial charge in [-0.1, -0.05) is 6.92 Å². The second-order valence-corrected chi connectivity index (χ2v) is 3.78. The number of hydrogen-bond acceptors (Lipinski definition) is 2. The van der Waals surface area contributed by atoms with Crippen LogP contribution in [0.15, 0.2) is 0 Å². The normalized spacial score (nSPS) is 28.9. The Morgan fingerprint density at radius 2 is 2.23 bits per heavy atom. The first-order chi connectivity index (χ1) is 6.15. The van der Waals surface area contributed by atoms with E-state index in [1.54, 1.807) is 0 Å². The van der Waals surface area contributed by atoms with Crippen LogP contribution in [0.1, 0.15) is 26.2 Å². The fourth-order valence-corrected chi connectivity index (χ4v) is 1.89. The number of aliphatic hydroxyl groups excluding tert-OH is 1. The molecule has 0 aromatic carbocycles. The number of aliphatic hydroxyl groups is 1. The Balaban J connectivity index is 2.55. The van der Waals surface area contributed by atoms with E-state index in [0.717, 1.165) is 12.8 Å². The van der Waals surface area contributed by atoms with Crippen LogP contribution >= 0.6 is 0 Å². The maximum atomic E-state index is 10.8. The summed E-state index contributed by atoms with van der Waals surface area (Å²) in [6, 6.07) is 0.0266. The molecule has 0 spiro atoms. The van der Waals surface area contributed by atoms with E-state index < -0.39 is 6.09 Å². The standard InChI is InChI=1S/C9H17NO3/c1-7-2-3-8(4-5-11)10(6-7)9(12)13/h7-8,11H,2-6H2,1H3,(H,12,13)/t7-,8-/m0/s1. The lowest BCUT2D eigenvalue weighted by Gasteiger charge is -2.36. The van der Waals surface area contributed by atoms with Crippen LogP contribution in [-0.2, 0) is 0 Å². The Bertz CT molecular complexity index is 184. The molecule has 2 atom stereocenters. The van der Waals surface area contributed by atoms with Gasteiger partial charge in [-0.15, -0.1) is 0 Å². The maximum Gasteiger partial charge on any atom is 0.407 e. The van der Waals surface area contributed by atoms with E-state index in [1.807, 2.05) is 0 Å². The summed E-state index contributed by atoms with van der Waals surface area (Å²) in [6.07, 6.45) is 1.66. The topological polar surface area (TPSA) is 60.8 Å². The van der Waals surface area contributed by atoms with Crippen molar-refractivity contribution in [3.05, 3.63) is 0 Å². The monoisotopic (exact) mass is 187 g/mol. The number of carboxylic acid groups (broad SMARTS) is 1. The van der Waals surface area contributed by atoms with Crippen molar-refractivity contribution < 1.29 is 15.0 Å². The van der Waals surface area contributed by atoms with Gasteiger partial charge in [-0.25, -0.2) is 4.79 Å². The fourth-order valence-electron chi connectivity index (χ4n) is 1.89. The Labute approximate surface area is 78.2 Å². The molecule has 0 aromatic rings. The summed E-state index contributed by atoms with van der Waals surface area (Å²) in [7, 11) is 0. The van der Waals surface area contributed by atoms with E-state index in [1.165, 1.54) is 4.90 Å². The second kappa shape index (κ2) is 4.46. The third-order valence-electron chi connectivity index (χ3n) is 2.65. The number of amides is 1. The Hall–Kier alpha value is -0.770. The lowest BCUT2D eigenvalue weighted by atomic mass is 9.93. The van der Waals surface area contributed by atoms with Gasteiger partial charge in [0.2, 0.25) is 0 Å². The predicted molar refractivity (Wildman–Crippen MR) is 48.6 cm³/mol. The zero-order chi connectivity index (χ0) is 9.84. The molecule has 2 N–H and O–H groups in total. The van der Waals surface area contributed by atoms with Crippen LogP contribution in [-0.4, -0.2) is 40.4 Å². The van der Waals surface area contributed by atoms with Crippen LogP contribution in [0.2, 0.25) is 0 Å². The molecule has 1 saturated heterocycles. The molecule has 1 rings (SSSR count). The third-order valence-corrected chi connectivity index (χ3v) is 2.65. The number of rotatable bonds is 2. The molecule has 1 fully saturated rings. The number of piperidine rings is 1. The summed E-state index contributed by atoms with van der Waals surface area (Å²) >= 11 is 0. The Morgan fingerprint density at radius 1 is 1.54 bits per heavy atom. The molecule has 1 amide bonds. The first-order valence-corrected chi connectivity index (χ1v) is 4.75. The first kappa shape index (κ1) is 10.3. The molecular formula is C9H17NO3. The molecule has 1 aliphatic heterocycles. The second-order valence-electron chi connectivity index (χ2n) is 3.78. The van der Waals surface area contributed by atoms with E-state index in [2.05, 4.69) is 6.92 Å². The zero-order valence-electron chi connectivity index (χ0n) is 7.94. The highest BCUT2D eigenvalue weighted by Crippen LogP contribution is 2.23. The van der Waals surface area contributed by atoms with Crippen LogP contribution in [0, 0.1) is 5.92 Å². The zero-order valence-corrected chi connectivity index (χ0v) is 7.94. The van der Waals surface area contributed by atoms with Crippen molar-refractivity contribution in [2.24, 2.45) is 5.92 Å². The van der Waals surface area contributed by atoms with Gasteiger partial charge in [-0.3, -0.25) is 0 Å². The van der Waals surface area contributed by atoms with Gasteiger partial charge in [0.1, 0.15) is 0 Å². The number of carbonyl (C=O) groups is 1. The summed E-state index contributed by atoms with van der Waals surface area (Å²) in [6.45, 7) is 2.74. The molecule has 1 heterocycles. The predicted octanol–water partition coefficient (Wildman–Crippen LogP) is 1.15. The van der Waals surface area contributed by atoms with Crippen molar-refractivity contribution in [2.45, 2.75) is 32.2 Å². The summed E-state index contributed by atoms with van der Waals surface area (Å²) in [5, 5.41) is 17.7. The minimum Gasteiger partial charge on any atom is -0.465 e. The molecule has 0 unspecified atom stereocenters. The van der Waals surface area contributed by atoms with Crippen molar-refractivity contribution in [3.63, 3.8) is 0 Å². The molecule has 0 aromatic heterocycles. The van der Waals surface area contributed by atoms with Gasteiger partial charge in [0.05, 0.1) is 0 Å². The summed E-state index contributed by atoms with van der Waals surface area (Å²) < 4.78 is 0.